The molecule has 19 aromatic carbocycles. The van der Waals surface area contributed by atoms with Gasteiger partial charge in [0, 0.05) is 131 Å². The van der Waals surface area contributed by atoms with Crippen LogP contribution in [0.2, 0.25) is 0 Å². The van der Waals surface area contributed by atoms with E-state index in [2.05, 4.69) is 571 Å². The van der Waals surface area contributed by atoms with E-state index in [1.807, 2.05) is 53.0 Å². The van der Waals surface area contributed by atoms with Gasteiger partial charge in [0.1, 0.15) is 16.7 Å². The van der Waals surface area contributed by atoms with E-state index in [1.165, 1.54) is 119 Å². The van der Waals surface area contributed by atoms with Crippen molar-refractivity contribution in [2.45, 2.75) is 131 Å². The molecular weight excluding hydrogens is 1780 g/mol. The smallest absolute Gasteiger partial charge is 0.159 e. The van der Waals surface area contributed by atoms with Crippen molar-refractivity contribution in [2.75, 3.05) is 24.5 Å². The van der Waals surface area contributed by atoms with E-state index in [9.17, 15) is 0 Å². The second-order valence-corrected chi connectivity index (χ2v) is 43.9. The summed E-state index contributed by atoms with van der Waals surface area (Å²) >= 11 is 3.73. The van der Waals surface area contributed by atoms with Gasteiger partial charge in [0.05, 0.1) is 16.1 Å². The van der Waals surface area contributed by atoms with Crippen molar-refractivity contribution in [3.05, 3.63) is 501 Å². The van der Waals surface area contributed by atoms with E-state index in [4.69, 9.17) is 8.83 Å². The number of anilines is 15. The minimum absolute atomic E-state index is 0.120. The Labute approximate surface area is 851 Å². The van der Waals surface area contributed by atoms with E-state index >= 15 is 0 Å². The second kappa shape index (κ2) is 41.2. The number of rotatable bonds is 15. The summed E-state index contributed by atoms with van der Waals surface area (Å²) in [5.74, 6) is 0. The van der Waals surface area contributed by atoms with Crippen molar-refractivity contribution in [1.82, 2.24) is 0 Å². The van der Waals surface area contributed by atoms with Crippen LogP contribution in [0.4, 0.5) is 85.3 Å². The van der Waals surface area contributed by atoms with Crippen molar-refractivity contribution in [1.29, 1.82) is 0 Å². The van der Waals surface area contributed by atoms with Crippen molar-refractivity contribution in [3.8, 4) is 0 Å². The van der Waals surface area contributed by atoms with Gasteiger partial charge in [0.2, 0.25) is 0 Å². The first-order chi connectivity index (χ1) is 69.1. The lowest BCUT2D eigenvalue weighted by atomic mass is 9.87. The number of hydrogen-bond acceptors (Lipinski definition) is 9. The first-order valence-corrected chi connectivity index (χ1v) is 51.2. The van der Waals surface area contributed by atoms with Gasteiger partial charge in [-0.3, -0.25) is 0 Å². The molecule has 0 saturated heterocycles. The Balaban J connectivity index is 0.000000114. The van der Waals surface area contributed by atoms with Gasteiger partial charge >= 0.3 is 0 Å². The molecule has 708 valence electrons. The average Bonchev–Trinajstić information content (AvgIpc) is 1.62. The number of thiophene rings is 2. The van der Waals surface area contributed by atoms with Gasteiger partial charge in [-0.2, -0.15) is 0 Å². The lowest BCUT2D eigenvalue weighted by Gasteiger charge is -2.27. The first-order valence-electron chi connectivity index (χ1n) is 49.6. The molecule has 0 aliphatic heterocycles. The van der Waals surface area contributed by atoms with E-state index in [0.717, 1.165) is 78.0 Å². The third-order valence-corrected chi connectivity index (χ3v) is 28.9. The third kappa shape index (κ3) is 21.3. The molecule has 0 N–H and O–H groups in total. The van der Waals surface area contributed by atoms with Gasteiger partial charge in [-0.05, 0) is 261 Å². The van der Waals surface area contributed by atoms with Gasteiger partial charge in [-0.15, -0.1) is 22.7 Å². The van der Waals surface area contributed by atoms with Crippen LogP contribution in [0.1, 0.15) is 132 Å². The van der Waals surface area contributed by atoms with E-state index in [-0.39, 0.29) is 27.1 Å². The maximum absolute atomic E-state index is 6.34. The van der Waals surface area contributed by atoms with Crippen molar-refractivity contribution in [2.24, 2.45) is 0 Å². The van der Waals surface area contributed by atoms with Gasteiger partial charge in [-0.25, -0.2) is 0 Å². The molecule has 0 saturated carbocycles. The molecule has 7 nitrogen and oxygen atoms in total. The fourth-order valence-corrected chi connectivity index (χ4v) is 21.0. The molecule has 0 bridgehead atoms. The van der Waals surface area contributed by atoms with Gasteiger partial charge < -0.3 is 33.3 Å². The summed E-state index contributed by atoms with van der Waals surface area (Å²) in [6.45, 7) is 33.7. The molecule has 0 radical (unpaired) electrons. The molecule has 23 rings (SSSR count). The fourth-order valence-electron chi connectivity index (χ4n) is 18.7. The zero-order valence-electron chi connectivity index (χ0n) is 84.4. The number of nitrogens with zero attached hydrogens (tertiary/aromatic N) is 5. The predicted octanol–water partition coefficient (Wildman–Crippen LogP) is 40.8. The molecule has 0 spiro atoms. The van der Waals surface area contributed by atoms with Gasteiger partial charge in [-0.1, -0.05) is 371 Å². The lowest BCUT2D eigenvalue weighted by molar-refractivity contribution is 0.590. The van der Waals surface area contributed by atoms with Gasteiger partial charge in [0.25, 0.3) is 0 Å². The number of para-hydroxylation sites is 9. The Morgan fingerprint density at radius 1 is 0.161 bits per heavy atom. The highest BCUT2D eigenvalue weighted by atomic mass is 32.1. The van der Waals surface area contributed by atoms with Crippen molar-refractivity contribution in [3.63, 3.8) is 0 Å². The molecule has 23 aromatic rings. The molecule has 4 aromatic heterocycles. The van der Waals surface area contributed by atoms with E-state index in [1.54, 1.807) is 0 Å². The maximum Gasteiger partial charge on any atom is 0.159 e. The third-order valence-electron chi connectivity index (χ3n) is 26.5. The molecule has 0 aliphatic rings. The Bertz CT molecular complexity index is 7750. The molecule has 4 heterocycles. The van der Waals surface area contributed by atoms with Crippen LogP contribution in [0.15, 0.2) is 482 Å². The van der Waals surface area contributed by atoms with Crippen molar-refractivity contribution < 1.29 is 8.83 Å². The minimum Gasteiger partial charge on any atom is -0.456 e. The SMILES string of the molecule is CC(C)(C)c1ccc(N(c2ccccc2)c2ccc3oc4ccccc4c3c2)cc1.CC(C)(C)c1ccc(N(c2ccccc2)c2ccc3sc4ccccc4c3c2)cc1.CC(C)(C)c1ccc(N(c2ccccc2)c2cccc3c2oc2ccccc23)cc1.CC(C)(C)c1ccc(N(c2ccccc2)c2cccc3c2sc2ccccc23)cc1.CC(C)(C)c1ccc(N(c2ccccc2)c2ccccc2)cc1. The lowest BCUT2D eigenvalue weighted by Crippen LogP contribution is -2.13. The largest absolute Gasteiger partial charge is 0.456 e. The molecule has 143 heavy (non-hydrogen) atoms. The normalized spacial score (nSPS) is 11.7. The number of furan rings is 2. The molecule has 0 amide bonds. The molecule has 0 aliphatic carbocycles. The van der Waals surface area contributed by atoms with Crippen LogP contribution in [-0.2, 0) is 27.1 Å². The topological polar surface area (TPSA) is 42.5 Å². The highest BCUT2D eigenvalue weighted by Gasteiger charge is 2.27. The highest BCUT2D eigenvalue weighted by molar-refractivity contribution is 7.26. The summed E-state index contributed by atoms with van der Waals surface area (Å²) in [5, 5.41) is 9.85. The zero-order valence-corrected chi connectivity index (χ0v) is 86.0. The standard InChI is InChI=1S/2C28H25NO.2C28H25NS.C22H23N/c1-28(2,3)20-16-18-22(19-17-20)29(21-10-5-4-6-11-21)25-14-9-13-24-23-12-7-8-15-26(23)30-27(24)25;1-28(2,3)20-13-15-22(16-14-20)29(21-9-5-4-6-10-21)23-17-18-27-25(19-23)24-11-7-8-12-26(24)30-27;1-28(2,3)20-16-18-22(19-17-20)29(21-10-5-4-6-11-21)25-14-9-13-24-23-12-7-8-15-26(23)30-27(24)25;1-28(2,3)20-13-15-22(16-14-20)29(21-9-5-4-6-10-21)23-17-18-27-25(19-23)24-11-7-8-12-26(24)30-27;1-22(2,3)18-14-16-21(17-15-18)23(19-10-6-4-7-11-19)20-12-8-5-9-13-20/h4*4-19H,1-3H3;4-17H,1-3H3. The predicted molar refractivity (Wildman–Crippen MR) is 619 cm³/mol. The van der Waals surface area contributed by atoms with Crippen LogP contribution >= 0.6 is 22.7 Å². The summed E-state index contributed by atoms with van der Waals surface area (Å²) in [5.41, 5.74) is 28.3. The van der Waals surface area contributed by atoms with Crippen LogP contribution in [0.5, 0.6) is 0 Å². The second-order valence-electron chi connectivity index (χ2n) is 41.7. The van der Waals surface area contributed by atoms with Gasteiger partial charge in [0.15, 0.2) is 5.58 Å². The summed E-state index contributed by atoms with van der Waals surface area (Å²) in [7, 11) is 0. The van der Waals surface area contributed by atoms with Crippen LogP contribution < -0.4 is 24.5 Å². The number of benzene rings is 19. The van der Waals surface area contributed by atoms with Crippen LogP contribution in [0.3, 0.4) is 0 Å². The first kappa shape index (κ1) is 96.1. The van der Waals surface area contributed by atoms with E-state index < -0.39 is 0 Å². The Hall–Kier alpha value is -15.8. The summed E-state index contributed by atoms with van der Waals surface area (Å²) < 4.78 is 17.7. The summed E-state index contributed by atoms with van der Waals surface area (Å²) in [4.78, 5) is 11.6. The Kier molecular flexibility index (Phi) is 27.7. The maximum atomic E-state index is 6.34. The molecule has 0 atom stereocenters. The van der Waals surface area contributed by atoms with Crippen molar-refractivity contribution >= 4 is 192 Å². The summed E-state index contributed by atoms with van der Waals surface area (Å²) in [6, 6.07) is 168. The summed E-state index contributed by atoms with van der Waals surface area (Å²) in [6.07, 6.45) is 0. The molecule has 9 heteroatoms. The van der Waals surface area contributed by atoms with Crippen LogP contribution in [-0.4, -0.2) is 0 Å². The Morgan fingerprint density at radius 3 is 0.790 bits per heavy atom. The fraction of sp³-hybridized carbons (Fsp3) is 0.149. The van der Waals surface area contributed by atoms with E-state index in [0.29, 0.717) is 0 Å². The number of hydrogen-bond donors (Lipinski definition) is 0. The van der Waals surface area contributed by atoms with Crippen LogP contribution in [0.25, 0.3) is 84.2 Å². The quantitative estimate of drug-likeness (QED) is 0.101. The minimum atomic E-state index is 0.120. The average molecular weight is 1900 g/mol. The Morgan fingerprint density at radius 2 is 0.406 bits per heavy atom. The van der Waals surface area contributed by atoms with Crippen LogP contribution in [0, 0.1) is 0 Å². The highest BCUT2D eigenvalue weighted by Crippen LogP contribution is 2.50. The molecule has 0 fully saturated rings. The molecule has 0 unspecified atom stereocenters. The zero-order chi connectivity index (χ0) is 99.2. The number of fused-ring (bicyclic) bond motifs is 12. The monoisotopic (exact) mass is 1900 g/mol. The molecular formula is C134H123N5O2S2.